The SMILES string of the molecule is CC(C)[Si](Sc1ccc2c(c1)C(=O)CC2)(C(C)C)C(C)C. The monoisotopic (exact) mass is 320 g/mol. The lowest BCUT2D eigenvalue weighted by molar-refractivity contribution is 0.0994. The van der Waals surface area contributed by atoms with E-state index in [2.05, 4.69) is 71.0 Å². The molecule has 1 aliphatic carbocycles. The highest BCUT2D eigenvalue weighted by Gasteiger charge is 2.44. The molecule has 1 aromatic carbocycles. The van der Waals surface area contributed by atoms with Crippen LogP contribution in [0.2, 0.25) is 16.6 Å². The molecule has 1 aromatic rings. The second-order valence-corrected chi connectivity index (χ2v) is 15.7. The fourth-order valence-corrected chi connectivity index (χ4v) is 13.2. The summed E-state index contributed by atoms with van der Waals surface area (Å²) in [6.07, 6.45) is 1.63. The largest absolute Gasteiger partial charge is 0.294 e. The van der Waals surface area contributed by atoms with E-state index in [1.807, 2.05) is 0 Å². The third-order valence-corrected chi connectivity index (χ3v) is 17.3. The van der Waals surface area contributed by atoms with E-state index in [4.69, 9.17) is 0 Å². The van der Waals surface area contributed by atoms with Crippen LogP contribution in [-0.2, 0) is 6.42 Å². The Kier molecular flexibility index (Phi) is 5.04. The summed E-state index contributed by atoms with van der Waals surface area (Å²) in [5.41, 5.74) is 4.42. The van der Waals surface area contributed by atoms with Crippen molar-refractivity contribution in [2.45, 2.75) is 75.9 Å². The number of Topliss-reactive ketones (excluding diaryl/α,β-unsaturated/α-hetero) is 1. The molecule has 3 heteroatoms. The molecule has 0 aliphatic heterocycles. The third-order valence-electron chi connectivity index (χ3n) is 5.00. The molecule has 0 saturated heterocycles. The van der Waals surface area contributed by atoms with Crippen LogP contribution in [0.25, 0.3) is 0 Å². The van der Waals surface area contributed by atoms with Crippen LogP contribution >= 0.6 is 11.2 Å². The van der Waals surface area contributed by atoms with Gasteiger partial charge in [-0.3, -0.25) is 4.79 Å². The number of rotatable bonds is 5. The zero-order valence-electron chi connectivity index (χ0n) is 14.2. The minimum atomic E-state index is -1.52. The Morgan fingerprint density at radius 3 is 2.05 bits per heavy atom. The molecule has 0 atom stereocenters. The van der Waals surface area contributed by atoms with Crippen molar-refractivity contribution in [3.8, 4) is 0 Å². The van der Waals surface area contributed by atoms with Crippen LogP contribution in [0.4, 0.5) is 0 Å². The molecule has 116 valence electrons. The van der Waals surface area contributed by atoms with Crippen LogP contribution in [-0.4, -0.2) is 13.0 Å². The number of aryl methyl sites for hydroxylation is 1. The zero-order chi connectivity index (χ0) is 15.8. The van der Waals surface area contributed by atoms with Gasteiger partial charge in [0.05, 0.1) is 0 Å². The Balaban J connectivity index is 2.38. The zero-order valence-corrected chi connectivity index (χ0v) is 16.0. The molecule has 0 heterocycles. The molecular formula is C18H28OSSi. The van der Waals surface area contributed by atoms with Gasteiger partial charge in [-0.25, -0.2) is 0 Å². The van der Waals surface area contributed by atoms with E-state index in [-0.39, 0.29) is 0 Å². The molecule has 1 aliphatic rings. The Morgan fingerprint density at radius 1 is 0.952 bits per heavy atom. The number of carbonyl (C=O) groups is 1. The fourth-order valence-electron chi connectivity index (χ4n) is 4.04. The van der Waals surface area contributed by atoms with Crippen molar-refractivity contribution in [2.24, 2.45) is 0 Å². The Morgan fingerprint density at radius 2 is 1.52 bits per heavy atom. The number of fused-ring (bicyclic) bond motifs is 1. The maximum atomic E-state index is 12.0. The highest BCUT2D eigenvalue weighted by Crippen LogP contribution is 2.52. The first-order valence-electron chi connectivity index (χ1n) is 8.14. The number of benzene rings is 1. The van der Waals surface area contributed by atoms with Gasteiger partial charge in [0.25, 0.3) is 0 Å². The lowest BCUT2D eigenvalue weighted by Crippen LogP contribution is -2.40. The molecule has 21 heavy (non-hydrogen) atoms. The molecule has 0 spiro atoms. The van der Waals surface area contributed by atoms with Crippen molar-refractivity contribution in [1.29, 1.82) is 0 Å². The van der Waals surface area contributed by atoms with Crippen molar-refractivity contribution in [1.82, 2.24) is 0 Å². The van der Waals surface area contributed by atoms with Gasteiger partial charge >= 0.3 is 0 Å². The van der Waals surface area contributed by atoms with E-state index < -0.39 is 7.22 Å². The Hall–Kier alpha value is -0.543. The summed E-state index contributed by atoms with van der Waals surface area (Å²) in [6, 6.07) is 6.60. The molecule has 0 saturated carbocycles. The normalized spacial score (nSPS) is 15.4. The molecule has 0 bridgehead atoms. The predicted octanol–water partition coefficient (Wildman–Crippen LogP) is 6.08. The minimum absolute atomic E-state index is 0.332. The van der Waals surface area contributed by atoms with E-state index in [0.717, 1.165) is 28.6 Å². The highest BCUT2D eigenvalue weighted by atomic mass is 32.4. The maximum absolute atomic E-state index is 12.0. The molecule has 0 radical (unpaired) electrons. The molecule has 2 rings (SSSR count). The van der Waals surface area contributed by atoms with Crippen molar-refractivity contribution in [3.63, 3.8) is 0 Å². The summed E-state index contributed by atoms with van der Waals surface area (Å²) < 4.78 is 0. The van der Waals surface area contributed by atoms with Crippen LogP contribution in [0.15, 0.2) is 23.1 Å². The van der Waals surface area contributed by atoms with E-state index in [1.165, 1.54) is 10.5 Å². The second-order valence-electron chi connectivity index (χ2n) is 7.16. The molecule has 0 aromatic heterocycles. The van der Waals surface area contributed by atoms with E-state index in [0.29, 0.717) is 12.2 Å². The Labute approximate surface area is 134 Å². The molecule has 0 N–H and O–H groups in total. The predicted molar refractivity (Wildman–Crippen MR) is 96.0 cm³/mol. The maximum Gasteiger partial charge on any atom is 0.163 e. The fraction of sp³-hybridized carbons (Fsp3) is 0.611. The van der Waals surface area contributed by atoms with E-state index in [1.54, 1.807) is 0 Å². The second kappa shape index (κ2) is 6.29. The molecule has 0 fully saturated rings. The quantitative estimate of drug-likeness (QED) is 0.611. The average Bonchev–Trinajstić information content (AvgIpc) is 2.76. The van der Waals surface area contributed by atoms with Gasteiger partial charge in [0.1, 0.15) is 7.22 Å². The first-order chi connectivity index (χ1) is 9.79. The van der Waals surface area contributed by atoms with Crippen LogP contribution < -0.4 is 0 Å². The summed E-state index contributed by atoms with van der Waals surface area (Å²) in [7, 11) is -1.52. The van der Waals surface area contributed by atoms with Crippen LogP contribution in [0, 0.1) is 0 Å². The summed E-state index contributed by atoms with van der Waals surface area (Å²) in [6.45, 7) is 14.3. The van der Waals surface area contributed by atoms with Gasteiger partial charge in [-0.05, 0) is 40.7 Å². The summed E-state index contributed by atoms with van der Waals surface area (Å²) >= 11 is 2.12. The number of hydrogen-bond donors (Lipinski definition) is 0. The van der Waals surface area contributed by atoms with Crippen molar-refractivity contribution >= 4 is 24.2 Å². The van der Waals surface area contributed by atoms with E-state index >= 15 is 0 Å². The van der Waals surface area contributed by atoms with Gasteiger partial charge in [-0.15, -0.1) is 0 Å². The number of hydrogen-bond acceptors (Lipinski definition) is 2. The molecule has 0 unspecified atom stereocenters. The minimum Gasteiger partial charge on any atom is -0.294 e. The van der Waals surface area contributed by atoms with Crippen LogP contribution in [0.5, 0.6) is 0 Å². The first kappa shape index (κ1) is 16.8. The summed E-state index contributed by atoms with van der Waals surface area (Å²) in [5, 5.41) is 0. The topological polar surface area (TPSA) is 17.1 Å². The number of ketones is 1. The van der Waals surface area contributed by atoms with Gasteiger partial charge in [-0.1, -0.05) is 47.6 Å². The van der Waals surface area contributed by atoms with Crippen LogP contribution in [0.3, 0.4) is 0 Å². The third kappa shape index (κ3) is 3.00. The smallest absolute Gasteiger partial charge is 0.163 e. The van der Waals surface area contributed by atoms with Gasteiger partial charge in [0.2, 0.25) is 0 Å². The van der Waals surface area contributed by atoms with Crippen molar-refractivity contribution < 1.29 is 4.79 Å². The Bertz CT molecular complexity index is 512. The average molecular weight is 321 g/mol. The standard InChI is InChI=1S/C18H28OSSi/c1-12(2)21(13(3)4,14(5)6)20-16-9-7-15-8-10-18(19)17(15)11-16/h7,9,11-14H,8,10H2,1-6H3. The van der Waals surface area contributed by atoms with E-state index in [9.17, 15) is 4.79 Å². The highest BCUT2D eigenvalue weighted by molar-refractivity contribution is 8.29. The van der Waals surface area contributed by atoms with Crippen molar-refractivity contribution in [3.05, 3.63) is 29.3 Å². The number of carbonyl (C=O) groups excluding carboxylic acids is 1. The van der Waals surface area contributed by atoms with Gasteiger partial charge in [0, 0.05) is 16.9 Å². The molecular weight excluding hydrogens is 292 g/mol. The summed E-state index contributed by atoms with van der Waals surface area (Å²) in [5.74, 6) is 0.332. The lowest BCUT2D eigenvalue weighted by atomic mass is 10.1. The van der Waals surface area contributed by atoms with Gasteiger partial charge in [0.15, 0.2) is 5.78 Å². The molecule has 0 amide bonds. The van der Waals surface area contributed by atoms with Gasteiger partial charge < -0.3 is 0 Å². The van der Waals surface area contributed by atoms with Crippen molar-refractivity contribution in [2.75, 3.05) is 0 Å². The lowest BCUT2D eigenvalue weighted by Gasteiger charge is -2.42. The van der Waals surface area contributed by atoms with Crippen LogP contribution in [0.1, 0.15) is 63.9 Å². The first-order valence-corrected chi connectivity index (χ1v) is 11.9. The van der Waals surface area contributed by atoms with Gasteiger partial charge in [-0.2, -0.15) is 11.2 Å². The summed E-state index contributed by atoms with van der Waals surface area (Å²) in [4.78, 5) is 13.3. The molecule has 1 nitrogen and oxygen atoms in total.